The molecule has 4 rings (SSSR count). The van der Waals surface area contributed by atoms with E-state index in [9.17, 15) is 8.42 Å². The second-order valence-electron chi connectivity index (χ2n) is 8.51. The van der Waals surface area contributed by atoms with E-state index in [0.29, 0.717) is 5.69 Å². The van der Waals surface area contributed by atoms with Crippen LogP contribution in [0.4, 0.5) is 5.69 Å². The zero-order chi connectivity index (χ0) is 21.5. The Bertz CT molecular complexity index is 1300. The van der Waals surface area contributed by atoms with Crippen LogP contribution in [0, 0.1) is 6.92 Å². The number of nitrogens with zero attached hydrogens (tertiary/aromatic N) is 2. The maximum absolute atomic E-state index is 12.7. The number of imidazole rings is 1. The van der Waals surface area contributed by atoms with Crippen molar-refractivity contribution in [1.29, 1.82) is 0 Å². The molecule has 0 unspecified atom stereocenters. The van der Waals surface area contributed by atoms with Crippen LogP contribution < -0.4 is 4.72 Å². The van der Waals surface area contributed by atoms with Gasteiger partial charge in [-0.15, -0.1) is 0 Å². The summed E-state index contributed by atoms with van der Waals surface area (Å²) < 4.78 is 30.1. The topological polar surface area (TPSA) is 63.5 Å². The van der Waals surface area contributed by atoms with Gasteiger partial charge >= 0.3 is 0 Å². The van der Waals surface area contributed by atoms with Crippen molar-refractivity contribution in [2.24, 2.45) is 0 Å². The van der Waals surface area contributed by atoms with Crippen molar-refractivity contribution in [3.63, 3.8) is 0 Å². The average molecular weight is 420 g/mol. The fourth-order valence-electron chi connectivity index (χ4n) is 3.35. The van der Waals surface area contributed by atoms with Crippen LogP contribution in [0.2, 0.25) is 0 Å². The summed E-state index contributed by atoms with van der Waals surface area (Å²) in [7, 11) is -3.65. The molecule has 1 N–H and O–H groups in total. The Morgan fingerprint density at radius 3 is 2.20 bits per heavy atom. The van der Waals surface area contributed by atoms with Crippen molar-refractivity contribution in [2.75, 3.05) is 4.72 Å². The maximum Gasteiger partial charge on any atom is 0.261 e. The number of benzene rings is 2. The van der Waals surface area contributed by atoms with E-state index in [-0.39, 0.29) is 10.3 Å². The van der Waals surface area contributed by atoms with Crippen molar-refractivity contribution in [2.45, 2.75) is 38.0 Å². The van der Waals surface area contributed by atoms with Crippen LogP contribution >= 0.6 is 0 Å². The predicted octanol–water partition coefficient (Wildman–Crippen LogP) is 5.41. The molecule has 0 fully saturated rings. The number of hydrogen-bond donors (Lipinski definition) is 1. The highest BCUT2D eigenvalue weighted by Gasteiger charge is 2.18. The Labute approximate surface area is 177 Å². The molecule has 0 aliphatic heterocycles. The molecule has 154 valence electrons. The quantitative estimate of drug-likeness (QED) is 0.481. The van der Waals surface area contributed by atoms with Gasteiger partial charge in [-0.25, -0.2) is 13.4 Å². The van der Waals surface area contributed by atoms with E-state index in [1.165, 1.54) is 0 Å². The van der Waals surface area contributed by atoms with Gasteiger partial charge in [0, 0.05) is 23.6 Å². The lowest BCUT2D eigenvalue weighted by Gasteiger charge is -2.19. The summed E-state index contributed by atoms with van der Waals surface area (Å²) in [4.78, 5) is 4.93. The molecule has 0 spiro atoms. The molecule has 0 radical (unpaired) electrons. The van der Waals surface area contributed by atoms with Crippen LogP contribution in [-0.2, 0) is 15.4 Å². The number of sulfonamides is 1. The van der Waals surface area contributed by atoms with Crippen LogP contribution in [0.25, 0.3) is 16.9 Å². The van der Waals surface area contributed by atoms with Gasteiger partial charge in [0.15, 0.2) is 0 Å². The second kappa shape index (κ2) is 7.29. The molecule has 0 atom stereocenters. The zero-order valence-corrected chi connectivity index (χ0v) is 18.4. The van der Waals surface area contributed by atoms with Crippen LogP contribution in [0.5, 0.6) is 0 Å². The molecule has 30 heavy (non-hydrogen) atoms. The first-order chi connectivity index (χ1) is 14.1. The van der Waals surface area contributed by atoms with E-state index in [0.717, 1.165) is 28.0 Å². The van der Waals surface area contributed by atoms with E-state index in [1.807, 2.05) is 60.1 Å². The average Bonchev–Trinajstić information content (AvgIpc) is 3.13. The molecule has 0 aliphatic carbocycles. The lowest BCUT2D eigenvalue weighted by Crippen LogP contribution is -2.14. The minimum Gasteiger partial charge on any atom is -0.306 e. The van der Waals surface area contributed by atoms with Gasteiger partial charge in [-0.2, -0.15) is 0 Å². The minimum atomic E-state index is -3.65. The van der Waals surface area contributed by atoms with E-state index in [1.54, 1.807) is 24.3 Å². The summed E-state index contributed by atoms with van der Waals surface area (Å²) in [5.74, 6) is 0. The number of nitrogens with one attached hydrogen (secondary N) is 1. The SMILES string of the molecule is Cc1cccn2cc(-c3ccc(NS(=O)(=O)c4ccc(C(C)(C)C)cc4)cc3)nc12. The number of aromatic nitrogens is 2. The lowest BCUT2D eigenvalue weighted by atomic mass is 9.87. The fraction of sp³-hybridized carbons (Fsp3) is 0.208. The van der Waals surface area contributed by atoms with E-state index in [4.69, 9.17) is 0 Å². The van der Waals surface area contributed by atoms with Crippen LogP contribution in [0.1, 0.15) is 31.9 Å². The number of rotatable bonds is 4. The summed E-state index contributed by atoms with van der Waals surface area (Å²) in [5.41, 5.74) is 5.36. The minimum absolute atomic E-state index is 0.0258. The molecule has 2 heterocycles. The van der Waals surface area contributed by atoms with Crippen molar-refractivity contribution in [1.82, 2.24) is 9.38 Å². The Kier molecular flexibility index (Phi) is 4.90. The first-order valence-corrected chi connectivity index (χ1v) is 11.3. The van der Waals surface area contributed by atoms with Gasteiger partial charge < -0.3 is 4.40 Å². The maximum atomic E-state index is 12.7. The van der Waals surface area contributed by atoms with Gasteiger partial charge in [0.25, 0.3) is 10.0 Å². The van der Waals surface area contributed by atoms with Gasteiger partial charge in [0.1, 0.15) is 5.65 Å². The van der Waals surface area contributed by atoms with Crippen molar-refractivity contribution >= 4 is 21.4 Å². The molecular formula is C24H25N3O2S. The second-order valence-corrected chi connectivity index (χ2v) is 10.2. The van der Waals surface area contributed by atoms with Gasteiger partial charge in [0.2, 0.25) is 0 Å². The number of fused-ring (bicyclic) bond motifs is 1. The third kappa shape index (κ3) is 3.96. The summed E-state index contributed by atoms with van der Waals surface area (Å²) in [6.45, 7) is 8.32. The number of anilines is 1. The number of hydrogen-bond acceptors (Lipinski definition) is 3. The molecule has 0 amide bonds. The molecule has 5 nitrogen and oxygen atoms in total. The molecule has 0 saturated heterocycles. The van der Waals surface area contributed by atoms with Crippen molar-refractivity contribution in [3.8, 4) is 11.3 Å². The first kappa shape index (κ1) is 20.2. The molecular weight excluding hydrogens is 394 g/mol. The Hall–Kier alpha value is -3.12. The van der Waals surface area contributed by atoms with Gasteiger partial charge in [-0.05, 0) is 53.8 Å². The normalized spacial score (nSPS) is 12.3. The van der Waals surface area contributed by atoms with E-state index in [2.05, 4.69) is 30.5 Å². The van der Waals surface area contributed by atoms with Crippen LogP contribution in [0.3, 0.4) is 0 Å². The van der Waals surface area contributed by atoms with E-state index < -0.39 is 10.0 Å². The van der Waals surface area contributed by atoms with Gasteiger partial charge in [-0.1, -0.05) is 51.1 Å². The molecule has 0 saturated carbocycles. The molecule has 4 aromatic rings. The predicted molar refractivity (Wildman–Crippen MR) is 121 cm³/mol. The molecule has 6 heteroatoms. The number of aryl methyl sites for hydroxylation is 1. The Morgan fingerprint density at radius 1 is 0.933 bits per heavy atom. The van der Waals surface area contributed by atoms with Gasteiger partial charge in [0.05, 0.1) is 10.6 Å². The largest absolute Gasteiger partial charge is 0.306 e. The Balaban J connectivity index is 1.56. The van der Waals surface area contributed by atoms with Crippen molar-refractivity contribution in [3.05, 3.63) is 84.2 Å². The summed E-state index contributed by atoms with van der Waals surface area (Å²) in [6, 6.07) is 18.3. The fourth-order valence-corrected chi connectivity index (χ4v) is 4.41. The highest BCUT2D eigenvalue weighted by atomic mass is 32.2. The van der Waals surface area contributed by atoms with Crippen molar-refractivity contribution < 1.29 is 8.42 Å². The first-order valence-electron chi connectivity index (χ1n) is 9.82. The number of pyridine rings is 1. The van der Waals surface area contributed by atoms with Crippen LogP contribution in [0.15, 0.2) is 78.0 Å². The zero-order valence-electron chi connectivity index (χ0n) is 17.5. The monoisotopic (exact) mass is 419 g/mol. The summed E-state index contributed by atoms with van der Waals surface area (Å²) in [5, 5.41) is 0. The summed E-state index contributed by atoms with van der Waals surface area (Å²) >= 11 is 0. The van der Waals surface area contributed by atoms with E-state index >= 15 is 0 Å². The molecule has 0 bridgehead atoms. The smallest absolute Gasteiger partial charge is 0.261 e. The molecule has 2 aromatic heterocycles. The summed E-state index contributed by atoms with van der Waals surface area (Å²) in [6.07, 6.45) is 3.94. The lowest BCUT2D eigenvalue weighted by molar-refractivity contribution is 0.587. The van der Waals surface area contributed by atoms with Gasteiger partial charge in [-0.3, -0.25) is 4.72 Å². The third-order valence-electron chi connectivity index (χ3n) is 5.14. The van der Waals surface area contributed by atoms with Crippen LogP contribution in [-0.4, -0.2) is 17.8 Å². The third-order valence-corrected chi connectivity index (χ3v) is 6.54. The Morgan fingerprint density at radius 2 is 1.60 bits per heavy atom. The highest BCUT2D eigenvalue weighted by molar-refractivity contribution is 7.92. The highest BCUT2D eigenvalue weighted by Crippen LogP contribution is 2.26. The molecule has 2 aromatic carbocycles. The molecule has 0 aliphatic rings. The standard InChI is InChI=1S/C24H25N3O2S/c1-17-6-5-15-27-16-22(25-23(17)27)18-7-11-20(12-8-18)26-30(28,29)21-13-9-19(10-14-21)24(2,3)4/h5-16,26H,1-4H3.